The van der Waals surface area contributed by atoms with Gasteiger partial charge >= 0.3 is 6.09 Å². The van der Waals surface area contributed by atoms with E-state index in [-0.39, 0.29) is 18.1 Å². The molecule has 0 radical (unpaired) electrons. The maximum atomic E-state index is 13.5. The Morgan fingerprint density at radius 3 is 2.31 bits per heavy atom. The third kappa shape index (κ3) is 5.72. The summed E-state index contributed by atoms with van der Waals surface area (Å²) in [5.74, 6) is -0.382. The summed E-state index contributed by atoms with van der Waals surface area (Å²) >= 11 is 1.40. The number of hydrogen-bond acceptors (Lipinski definition) is 6. The summed E-state index contributed by atoms with van der Waals surface area (Å²) < 4.78 is 29.6. The molecule has 1 amide bonds. The van der Waals surface area contributed by atoms with E-state index in [4.69, 9.17) is 14.2 Å². The highest BCUT2D eigenvalue weighted by Crippen LogP contribution is 2.33. The Balaban J connectivity index is 2.10. The zero-order valence-corrected chi connectivity index (χ0v) is 19.1. The van der Waals surface area contributed by atoms with E-state index in [1.165, 1.54) is 47.6 Å². The molecule has 3 aromatic rings. The van der Waals surface area contributed by atoms with Gasteiger partial charge in [0, 0.05) is 18.1 Å². The van der Waals surface area contributed by atoms with Crippen molar-refractivity contribution in [2.75, 3.05) is 18.8 Å². The van der Waals surface area contributed by atoms with Gasteiger partial charge < -0.3 is 14.2 Å². The fraction of sp³-hybridized carbons (Fsp3) is 0.250. The Morgan fingerprint density at radius 2 is 1.72 bits per heavy atom. The zero-order chi connectivity index (χ0) is 23.3. The number of nitrogens with zero attached hydrogens (tertiary/aromatic N) is 1. The number of ether oxygens (including phenoxy) is 3. The molecule has 0 atom stereocenters. The van der Waals surface area contributed by atoms with Gasteiger partial charge in [0.2, 0.25) is 0 Å². The van der Waals surface area contributed by atoms with Crippen LogP contribution in [0.2, 0.25) is 0 Å². The second-order valence-corrected chi connectivity index (χ2v) is 8.64. The maximum Gasteiger partial charge on any atom is 0.419 e. The number of anilines is 2. The van der Waals surface area contributed by atoms with Crippen molar-refractivity contribution in [3.63, 3.8) is 0 Å². The van der Waals surface area contributed by atoms with Crippen LogP contribution in [0, 0.1) is 5.82 Å². The van der Waals surface area contributed by atoms with E-state index in [0.717, 1.165) is 0 Å². The molecule has 0 saturated carbocycles. The highest BCUT2D eigenvalue weighted by molar-refractivity contribution is 7.08. The smallest absolute Gasteiger partial charge is 0.419 e. The van der Waals surface area contributed by atoms with Crippen molar-refractivity contribution >= 4 is 34.6 Å². The standard InChI is InChI=1S/C24H24FNO5S/c1-24(2,3)31-23(28)26(18-7-5-17(25)6-8-18)19-9-10-21(30-15-29-4)20(13-19)22(27)16-11-12-32-14-16/h5-14H,15H2,1-4H3. The van der Waals surface area contributed by atoms with Crippen molar-refractivity contribution in [1.82, 2.24) is 0 Å². The predicted molar refractivity (Wildman–Crippen MR) is 121 cm³/mol. The number of methoxy groups -OCH3 is 1. The summed E-state index contributed by atoms with van der Waals surface area (Å²) in [6.45, 7) is 5.21. The molecular formula is C24H24FNO5S. The minimum absolute atomic E-state index is 0.0446. The van der Waals surface area contributed by atoms with Gasteiger partial charge in [-0.1, -0.05) is 0 Å². The molecule has 2 aromatic carbocycles. The third-order valence-electron chi connectivity index (χ3n) is 4.24. The quantitative estimate of drug-likeness (QED) is 0.313. The molecule has 1 aromatic heterocycles. The first kappa shape index (κ1) is 23.4. The van der Waals surface area contributed by atoms with Gasteiger partial charge in [-0.2, -0.15) is 11.3 Å². The number of hydrogen-bond donors (Lipinski definition) is 0. The molecule has 0 unspecified atom stereocenters. The average molecular weight is 458 g/mol. The molecule has 32 heavy (non-hydrogen) atoms. The maximum absolute atomic E-state index is 13.5. The lowest BCUT2D eigenvalue weighted by atomic mass is 10.0. The molecule has 0 N–H and O–H groups in total. The second-order valence-electron chi connectivity index (χ2n) is 7.86. The van der Waals surface area contributed by atoms with Crippen LogP contribution in [-0.4, -0.2) is 31.4 Å². The Morgan fingerprint density at radius 1 is 1.03 bits per heavy atom. The number of amides is 1. The molecule has 0 fully saturated rings. The first-order valence-corrected chi connectivity index (χ1v) is 10.8. The molecule has 1 heterocycles. The minimum Gasteiger partial charge on any atom is -0.467 e. The summed E-state index contributed by atoms with van der Waals surface area (Å²) in [5.41, 5.74) is 0.759. The molecule has 3 rings (SSSR count). The van der Waals surface area contributed by atoms with Gasteiger partial charge in [0.05, 0.1) is 16.9 Å². The van der Waals surface area contributed by atoms with E-state index < -0.39 is 17.5 Å². The third-order valence-corrected chi connectivity index (χ3v) is 4.93. The first-order chi connectivity index (χ1) is 15.2. The van der Waals surface area contributed by atoms with Crippen LogP contribution in [0.15, 0.2) is 59.3 Å². The molecule has 0 aliphatic heterocycles. The largest absolute Gasteiger partial charge is 0.467 e. The van der Waals surface area contributed by atoms with Gasteiger partial charge in [0.25, 0.3) is 0 Å². The zero-order valence-electron chi connectivity index (χ0n) is 18.3. The lowest BCUT2D eigenvalue weighted by Crippen LogP contribution is -2.34. The molecular weight excluding hydrogens is 433 g/mol. The topological polar surface area (TPSA) is 65.1 Å². The lowest BCUT2D eigenvalue weighted by Gasteiger charge is -2.28. The summed E-state index contributed by atoms with van der Waals surface area (Å²) in [7, 11) is 1.48. The van der Waals surface area contributed by atoms with Crippen LogP contribution in [0.3, 0.4) is 0 Å². The van der Waals surface area contributed by atoms with Crippen molar-refractivity contribution in [2.24, 2.45) is 0 Å². The minimum atomic E-state index is -0.758. The highest BCUT2D eigenvalue weighted by atomic mass is 32.1. The van der Waals surface area contributed by atoms with E-state index in [1.54, 1.807) is 55.8 Å². The van der Waals surface area contributed by atoms with E-state index in [9.17, 15) is 14.0 Å². The Labute approximate surface area is 190 Å². The van der Waals surface area contributed by atoms with Gasteiger partial charge in [-0.3, -0.25) is 4.79 Å². The van der Waals surface area contributed by atoms with Gasteiger partial charge in [-0.25, -0.2) is 14.1 Å². The van der Waals surface area contributed by atoms with Crippen LogP contribution in [0.1, 0.15) is 36.7 Å². The first-order valence-electron chi connectivity index (χ1n) is 9.81. The fourth-order valence-corrected chi connectivity index (χ4v) is 3.53. The molecule has 0 saturated heterocycles. The van der Waals surface area contributed by atoms with Crippen LogP contribution in [0.4, 0.5) is 20.6 Å². The van der Waals surface area contributed by atoms with E-state index in [1.807, 2.05) is 0 Å². The van der Waals surface area contributed by atoms with Crippen LogP contribution < -0.4 is 9.64 Å². The number of carbonyl (C=O) groups is 2. The summed E-state index contributed by atoms with van der Waals surface area (Å²) in [6.07, 6.45) is -0.663. The molecule has 0 aliphatic carbocycles. The average Bonchev–Trinajstić information content (AvgIpc) is 3.27. The molecule has 0 aliphatic rings. The second kappa shape index (κ2) is 9.93. The summed E-state index contributed by atoms with van der Waals surface area (Å²) in [4.78, 5) is 27.5. The van der Waals surface area contributed by atoms with Crippen LogP contribution in [0.25, 0.3) is 0 Å². The highest BCUT2D eigenvalue weighted by Gasteiger charge is 2.27. The van der Waals surface area contributed by atoms with Crippen LogP contribution in [-0.2, 0) is 9.47 Å². The molecule has 6 nitrogen and oxygen atoms in total. The van der Waals surface area contributed by atoms with Crippen LogP contribution in [0.5, 0.6) is 5.75 Å². The van der Waals surface area contributed by atoms with Gasteiger partial charge in [-0.05, 0) is 74.7 Å². The molecule has 0 bridgehead atoms. The number of carbonyl (C=O) groups excluding carboxylic acids is 2. The van der Waals surface area contributed by atoms with Gasteiger partial charge in [-0.15, -0.1) is 0 Å². The van der Waals surface area contributed by atoms with Crippen molar-refractivity contribution in [1.29, 1.82) is 0 Å². The molecule has 168 valence electrons. The number of rotatable bonds is 7. The number of thiophene rings is 1. The monoisotopic (exact) mass is 457 g/mol. The normalized spacial score (nSPS) is 11.2. The van der Waals surface area contributed by atoms with Crippen molar-refractivity contribution in [3.05, 3.63) is 76.2 Å². The summed E-state index contributed by atoms with van der Waals surface area (Å²) in [6, 6.07) is 11.9. The number of benzene rings is 2. The van der Waals surface area contributed by atoms with E-state index in [2.05, 4.69) is 0 Å². The Kier molecular flexibility index (Phi) is 7.27. The molecule has 0 spiro atoms. The Bertz CT molecular complexity index is 1070. The summed E-state index contributed by atoms with van der Waals surface area (Å²) in [5, 5.41) is 3.54. The van der Waals surface area contributed by atoms with Crippen molar-refractivity contribution in [3.8, 4) is 5.75 Å². The van der Waals surface area contributed by atoms with Crippen molar-refractivity contribution < 1.29 is 28.2 Å². The van der Waals surface area contributed by atoms with Gasteiger partial charge in [0.15, 0.2) is 12.6 Å². The number of ketones is 1. The SMILES string of the molecule is COCOc1ccc(N(C(=O)OC(C)(C)C)c2ccc(F)cc2)cc1C(=O)c1ccsc1. The number of halogens is 1. The Hall–Kier alpha value is -3.23. The predicted octanol–water partition coefficient (Wildman–Crippen LogP) is 6.17. The van der Waals surface area contributed by atoms with Crippen LogP contribution >= 0.6 is 11.3 Å². The van der Waals surface area contributed by atoms with E-state index >= 15 is 0 Å². The van der Waals surface area contributed by atoms with Crippen molar-refractivity contribution in [2.45, 2.75) is 26.4 Å². The lowest BCUT2D eigenvalue weighted by molar-refractivity contribution is 0.0502. The fourth-order valence-electron chi connectivity index (χ4n) is 2.89. The van der Waals surface area contributed by atoms with E-state index in [0.29, 0.717) is 22.7 Å². The molecule has 8 heteroatoms. The van der Waals surface area contributed by atoms with Gasteiger partial charge in [0.1, 0.15) is 17.2 Å².